The van der Waals surface area contributed by atoms with Gasteiger partial charge in [0.1, 0.15) is 0 Å². The monoisotopic (exact) mass is 391 g/mol. The molecule has 2 heterocycles. The number of amides is 2. The Kier molecular flexibility index (Phi) is 5.57. The number of nitrogens with zero attached hydrogens (tertiary/aromatic N) is 2. The zero-order valence-electron chi connectivity index (χ0n) is 16.5. The number of hydrogen-bond acceptors (Lipinski definition) is 4. The van der Waals surface area contributed by atoms with Crippen molar-refractivity contribution in [3.8, 4) is 0 Å². The van der Waals surface area contributed by atoms with Crippen molar-refractivity contribution in [3.63, 3.8) is 0 Å². The number of piperidine rings is 1. The molecular weight excluding hydrogens is 366 g/mol. The Morgan fingerprint density at radius 1 is 1.10 bits per heavy atom. The maximum absolute atomic E-state index is 12.8. The number of anilines is 2. The van der Waals surface area contributed by atoms with Gasteiger partial charge in [0.2, 0.25) is 5.91 Å². The normalized spacial score (nSPS) is 14.7. The second kappa shape index (κ2) is 8.45. The predicted molar refractivity (Wildman–Crippen MR) is 114 cm³/mol. The van der Waals surface area contributed by atoms with Crippen molar-refractivity contribution < 1.29 is 9.59 Å². The molecule has 1 aliphatic heterocycles. The lowest BCUT2D eigenvalue weighted by atomic mass is 10.1. The summed E-state index contributed by atoms with van der Waals surface area (Å²) >= 11 is 0. The van der Waals surface area contributed by atoms with Crippen LogP contribution < -0.4 is 10.6 Å². The molecule has 1 fully saturated rings. The minimum Gasteiger partial charge on any atom is -0.325 e. The first kappa shape index (κ1) is 19.1. The first-order valence-corrected chi connectivity index (χ1v) is 9.96. The number of nitrogens with one attached hydrogen (secondary N) is 3. The Hall–Kier alpha value is -3.19. The van der Waals surface area contributed by atoms with Crippen LogP contribution in [0.3, 0.4) is 0 Å². The lowest BCUT2D eigenvalue weighted by Gasteiger charge is -2.25. The molecule has 0 bridgehead atoms. The summed E-state index contributed by atoms with van der Waals surface area (Å²) in [7, 11) is 0. The molecule has 3 aromatic rings. The van der Waals surface area contributed by atoms with Crippen LogP contribution in [0.5, 0.6) is 0 Å². The van der Waals surface area contributed by atoms with E-state index in [0.717, 1.165) is 36.9 Å². The van der Waals surface area contributed by atoms with E-state index in [2.05, 4.69) is 25.7 Å². The van der Waals surface area contributed by atoms with Gasteiger partial charge in [0.15, 0.2) is 0 Å². The fourth-order valence-electron chi connectivity index (χ4n) is 3.70. The van der Waals surface area contributed by atoms with Crippen LogP contribution in [0.2, 0.25) is 0 Å². The third kappa shape index (κ3) is 4.46. The number of aryl methyl sites for hydroxylation is 1. The highest BCUT2D eigenvalue weighted by Gasteiger charge is 2.16. The van der Waals surface area contributed by atoms with Crippen LogP contribution in [-0.4, -0.2) is 46.5 Å². The number of aromatic nitrogens is 2. The van der Waals surface area contributed by atoms with Crippen LogP contribution in [0.1, 0.15) is 35.2 Å². The molecule has 3 N–H and O–H groups in total. The number of H-pyrrole nitrogens is 1. The van der Waals surface area contributed by atoms with E-state index in [9.17, 15) is 9.59 Å². The average Bonchev–Trinajstić information content (AvgIpc) is 3.20. The molecule has 4 rings (SSSR count). The zero-order valence-corrected chi connectivity index (χ0v) is 16.5. The maximum Gasteiger partial charge on any atom is 0.257 e. The number of carbonyl (C=O) groups excluding carboxylic acids is 2. The van der Waals surface area contributed by atoms with Crippen molar-refractivity contribution in [2.45, 2.75) is 26.2 Å². The zero-order chi connectivity index (χ0) is 20.2. The minimum atomic E-state index is -0.228. The van der Waals surface area contributed by atoms with Gasteiger partial charge >= 0.3 is 0 Å². The van der Waals surface area contributed by atoms with Gasteiger partial charge in [0.05, 0.1) is 23.8 Å². The Morgan fingerprint density at radius 2 is 1.93 bits per heavy atom. The topological polar surface area (TPSA) is 90.1 Å². The highest BCUT2D eigenvalue weighted by Crippen LogP contribution is 2.22. The summed E-state index contributed by atoms with van der Waals surface area (Å²) in [5, 5.41) is 13.7. The molecule has 7 nitrogen and oxygen atoms in total. The SMILES string of the molecule is Cc1ccc(NC(=O)c2cccc3cn[nH]c23)cc1NC(=O)CN1CCCCC1. The quantitative estimate of drug-likeness (QED) is 0.620. The van der Waals surface area contributed by atoms with E-state index in [1.807, 2.05) is 31.2 Å². The van der Waals surface area contributed by atoms with Crippen molar-refractivity contribution in [2.24, 2.45) is 0 Å². The third-order valence-electron chi connectivity index (χ3n) is 5.31. The summed E-state index contributed by atoms with van der Waals surface area (Å²) in [6.07, 6.45) is 5.23. The summed E-state index contributed by atoms with van der Waals surface area (Å²) in [5.74, 6) is -0.255. The van der Waals surface area contributed by atoms with Crippen LogP contribution in [0.15, 0.2) is 42.6 Å². The number of hydrogen-bond donors (Lipinski definition) is 3. The van der Waals surface area contributed by atoms with Gasteiger partial charge in [0, 0.05) is 16.8 Å². The Bertz CT molecular complexity index is 1040. The molecule has 2 amide bonds. The van der Waals surface area contributed by atoms with Crippen molar-refractivity contribution >= 4 is 34.1 Å². The molecule has 7 heteroatoms. The van der Waals surface area contributed by atoms with Crippen LogP contribution in [-0.2, 0) is 4.79 Å². The van der Waals surface area contributed by atoms with E-state index in [0.29, 0.717) is 29.0 Å². The van der Waals surface area contributed by atoms with Gasteiger partial charge in [-0.2, -0.15) is 5.10 Å². The smallest absolute Gasteiger partial charge is 0.257 e. The average molecular weight is 391 g/mol. The molecule has 0 atom stereocenters. The molecule has 0 radical (unpaired) electrons. The second-order valence-corrected chi connectivity index (χ2v) is 7.51. The molecule has 150 valence electrons. The van der Waals surface area contributed by atoms with Gasteiger partial charge in [-0.3, -0.25) is 19.6 Å². The third-order valence-corrected chi connectivity index (χ3v) is 5.31. The molecule has 0 saturated carbocycles. The molecule has 0 spiro atoms. The molecular formula is C22H25N5O2. The number of aromatic amines is 1. The van der Waals surface area contributed by atoms with Crippen molar-refractivity contribution in [3.05, 3.63) is 53.7 Å². The molecule has 2 aromatic carbocycles. The second-order valence-electron chi connectivity index (χ2n) is 7.51. The number of carbonyl (C=O) groups is 2. The highest BCUT2D eigenvalue weighted by molar-refractivity contribution is 6.12. The Labute approximate surface area is 169 Å². The number of likely N-dealkylation sites (tertiary alicyclic amines) is 1. The summed E-state index contributed by atoms with van der Waals surface area (Å²) < 4.78 is 0. The van der Waals surface area contributed by atoms with Crippen LogP contribution >= 0.6 is 0 Å². The first-order chi connectivity index (χ1) is 14.1. The Balaban J connectivity index is 1.45. The predicted octanol–water partition coefficient (Wildman–Crippen LogP) is 3.55. The molecule has 0 unspecified atom stereocenters. The van der Waals surface area contributed by atoms with Gasteiger partial charge < -0.3 is 10.6 Å². The fraction of sp³-hybridized carbons (Fsp3) is 0.318. The van der Waals surface area contributed by atoms with Crippen molar-refractivity contribution in [1.82, 2.24) is 15.1 Å². The van der Waals surface area contributed by atoms with Crippen molar-refractivity contribution in [2.75, 3.05) is 30.3 Å². The number of benzene rings is 2. The molecule has 1 saturated heterocycles. The lowest BCUT2D eigenvalue weighted by molar-refractivity contribution is -0.117. The molecule has 29 heavy (non-hydrogen) atoms. The summed E-state index contributed by atoms with van der Waals surface area (Å²) in [5.41, 5.74) is 3.52. The van der Waals surface area contributed by atoms with E-state index in [1.165, 1.54) is 6.42 Å². The van der Waals surface area contributed by atoms with E-state index in [4.69, 9.17) is 0 Å². The van der Waals surface area contributed by atoms with E-state index >= 15 is 0 Å². The fourth-order valence-corrected chi connectivity index (χ4v) is 3.70. The van der Waals surface area contributed by atoms with E-state index in [-0.39, 0.29) is 11.8 Å². The number of rotatable bonds is 5. The van der Waals surface area contributed by atoms with Gasteiger partial charge in [-0.25, -0.2) is 0 Å². The molecule has 1 aromatic heterocycles. The largest absolute Gasteiger partial charge is 0.325 e. The maximum atomic E-state index is 12.8. The first-order valence-electron chi connectivity index (χ1n) is 9.96. The summed E-state index contributed by atoms with van der Waals surface area (Å²) in [6.45, 7) is 4.29. The lowest BCUT2D eigenvalue weighted by Crippen LogP contribution is -2.36. The molecule has 0 aliphatic carbocycles. The minimum absolute atomic E-state index is 0.0271. The Morgan fingerprint density at radius 3 is 2.76 bits per heavy atom. The van der Waals surface area contributed by atoms with Gasteiger partial charge in [-0.05, 0) is 56.6 Å². The van der Waals surface area contributed by atoms with Crippen LogP contribution in [0, 0.1) is 6.92 Å². The van der Waals surface area contributed by atoms with E-state index in [1.54, 1.807) is 18.3 Å². The summed E-state index contributed by atoms with van der Waals surface area (Å²) in [6, 6.07) is 11.0. The van der Waals surface area contributed by atoms with Crippen LogP contribution in [0.25, 0.3) is 10.9 Å². The van der Waals surface area contributed by atoms with Crippen molar-refractivity contribution in [1.29, 1.82) is 0 Å². The van der Waals surface area contributed by atoms with Crippen LogP contribution in [0.4, 0.5) is 11.4 Å². The van der Waals surface area contributed by atoms with E-state index < -0.39 is 0 Å². The van der Waals surface area contributed by atoms with Gasteiger partial charge in [-0.15, -0.1) is 0 Å². The summed E-state index contributed by atoms with van der Waals surface area (Å²) in [4.78, 5) is 27.4. The highest BCUT2D eigenvalue weighted by atomic mass is 16.2. The standard InChI is InChI=1S/C22H25N5O2/c1-15-8-9-17(12-19(15)25-20(28)14-27-10-3-2-4-11-27)24-22(29)18-7-5-6-16-13-23-26-21(16)18/h5-9,12-13H,2-4,10-11,14H2,1H3,(H,23,26)(H,24,29)(H,25,28). The van der Waals surface area contributed by atoms with Gasteiger partial charge in [-0.1, -0.05) is 24.6 Å². The number of para-hydroxylation sites is 1. The molecule has 1 aliphatic rings. The number of fused-ring (bicyclic) bond motifs is 1. The van der Waals surface area contributed by atoms with Gasteiger partial charge in [0.25, 0.3) is 5.91 Å².